The number of hydrogen-bond donors (Lipinski definition) is 0. The zero-order chi connectivity index (χ0) is 20.6. The summed E-state index contributed by atoms with van der Waals surface area (Å²) in [7, 11) is 4.61. The van der Waals surface area contributed by atoms with Gasteiger partial charge in [-0.2, -0.15) is 0 Å². The van der Waals surface area contributed by atoms with E-state index in [0.717, 1.165) is 28.4 Å². The number of rotatable bonds is 4. The van der Waals surface area contributed by atoms with Crippen LogP contribution in [0.1, 0.15) is 23.9 Å². The fourth-order valence-electron chi connectivity index (χ4n) is 3.51. The van der Waals surface area contributed by atoms with Gasteiger partial charge in [0.1, 0.15) is 5.75 Å². The van der Waals surface area contributed by atoms with Gasteiger partial charge in [0.2, 0.25) is 0 Å². The Morgan fingerprint density at radius 1 is 1.07 bits per heavy atom. The van der Waals surface area contributed by atoms with Gasteiger partial charge in [-0.25, -0.2) is 4.79 Å². The van der Waals surface area contributed by atoms with E-state index in [-0.39, 0.29) is 5.91 Å². The number of ether oxygens (including phenoxy) is 2. The number of allylic oxidation sites excluding steroid dienone is 1. The minimum absolute atomic E-state index is 0.216. The predicted molar refractivity (Wildman–Crippen MR) is 107 cm³/mol. The summed E-state index contributed by atoms with van der Waals surface area (Å²) in [5.74, 6) is 0.0639. The van der Waals surface area contributed by atoms with E-state index in [1.165, 1.54) is 12.0 Å². The molecule has 0 saturated carbocycles. The van der Waals surface area contributed by atoms with Crippen LogP contribution in [0, 0.1) is 13.8 Å². The van der Waals surface area contributed by atoms with E-state index in [9.17, 15) is 9.59 Å². The Balaban J connectivity index is 2.10. The first-order valence-electron chi connectivity index (χ1n) is 8.92. The lowest BCUT2D eigenvalue weighted by Gasteiger charge is -2.10. The monoisotopic (exact) mass is 380 g/mol. The molecule has 1 aromatic carbocycles. The molecule has 0 saturated heterocycles. The fraction of sp³-hybridized carbons (Fsp3) is 0.273. The number of hydrogen-bond acceptors (Lipinski definition) is 4. The summed E-state index contributed by atoms with van der Waals surface area (Å²) in [6, 6.07) is 9.78. The lowest BCUT2D eigenvalue weighted by Crippen LogP contribution is -2.19. The molecule has 0 bridgehead atoms. The van der Waals surface area contributed by atoms with E-state index >= 15 is 0 Å². The van der Waals surface area contributed by atoms with E-state index in [0.29, 0.717) is 16.8 Å². The first-order chi connectivity index (χ1) is 13.3. The zero-order valence-corrected chi connectivity index (χ0v) is 17.0. The van der Waals surface area contributed by atoms with Crippen molar-refractivity contribution in [2.24, 2.45) is 0 Å². The average Bonchev–Trinajstić information content (AvgIpc) is 3.09. The largest absolute Gasteiger partial charge is 0.497 e. The second kappa shape index (κ2) is 7.38. The number of esters is 1. The highest BCUT2D eigenvalue weighted by molar-refractivity contribution is 6.16. The number of methoxy groups -OCH3 is 2. The summed E-state index contributed by atoms with van der Waals surface area (Å²) >= 11 is 0. The summed E-state index contributed by atoms with van der Waals surface area (Å²) in [5, 5.41) is 0. The lowest BCUT2D eigenvalue weighted by atomic mass is 10.0. The Morgan fingerprint density at radius 2 is 1.71 bits per heavy atom. The lowest BCUT2D eigenvalue weighted by molar-refractivity contribution is -0.136. The van der Waals surface area contributed by atoms with Crippen molar-refractivity contribution in [2.75, 3.05) is 21.3 Å². The molecule has 0 N–H and O–H groups in total. The van der Waals surface area contributed by atoms with Crippen LogP contribution in [-0.4, -0.2) is 42.6 Å². The topological polar surface area (TPSA) is 60.8 Å². The quantitative estimate of drug-likeness (QED) is 0.602. The summed E-state index contributed by atoms with van der Waals surface area (Å²) in [5.41, 5.74) is 5.11. The van der Waals surface area contributed by atoms with E-state index in [2.05, 4.69) is 4.57 Å². The molecule has 0 atom stereocenters. The molecule has 1 amide bonds. The van der Waals surface area contributed by atoms with Crippen LogP contribution in [-0.2, 0) is 14.3 Å². The third-order valence-electron chi connectivity index (χ3n) is 5.16. The van der Waals surface area contributed by atoms with Gasteiger partial charge in [-0.15, -0.1) is 0 Å². The summed E-state index contributed by atoms with van der Waals surface area (Å²) in [4.78, 5) is 26.4. The van der Waals surface area contributed by atoms with Gasteiger partial charge in [-0.1, -0.05) is 0 Å². The SMILES string of the molecule is COC(=O)C1=C(C)N(C)C(=O)C1=Cc1cc(C)n(-c2ccc(OC)cc2)c1C. The van der Waals surface area contributed by atoms with Crippen molar-refractivity contribution in [1.82, 2.24) is 9.47 Å². The van der Waals surface area contributed by atoms with Crippen LogP contribution in [0.15, 0.2) is 47.2 Å². The molecule has 3 rings (SSSR count). The van der Waals surface area contributed by atoms with E-state index in [1.54, 1.807) is 27.2 Å². The molecule has 0 spiro atoms. The molecule has 2 aromatic rings. The highest BCUT2D eigenvalue weighted by Gasteiger charge is 2.35. The number of amides is 1. The molecule has 1 aromatic heterocycles. The van der Waals surface area contributed by atoms with Crippen LogP contribution < -0.4 is 4.74 Å². The molecule has 28 heavy (non-hydrogen) atoms. The Labute approximate surface area is 164 Å². The molecule has 0 aliphatic carbocycles. The van der Waals surface area contributed by atoms with Gasteiger partial charge < -0.3 is 18.9 Å². The van der Waals surface area contributed by atoms with Gasteiger partial charge in [0.15, 0.2) is 0 Å². The van der Waals surface area contributed by atoms with Crippen LogP contribution in [0.3, 0.4) is 0 Å². The van der Waals surface area contributed by atoms with Crippen molar-refractivity contribution in [2.45, 2.75) is 20.8 Å². The molecule has 0 unspecified atom stereocenters. The maximum Gasteiger partial charge on any atom is 0.340 e. The van der Waals surface area contributed by atoms with Crippen molar-refractivity contribution in [3.8, 4) is 11.4 Å². The molecular weight excluding hydrogens is 356 g/mol. The molecule has 6 heteroatoms. The van der Waals surface area contributed by atoms with Crippen molar-refractivity contribution in [3.05, 3.63) is 64.1 Å². The molecule has 2 heterocycles. The summed E-state index contributed by atoms with van der Waals surface area (Å²) in [6.45, 7) is 5.73. The third-order valence-corrected chi connectivity index (χ3v) is 5.16. The Hall–Kier alpha value is -3.28. The standard InChI is InChI=1S/C22H24N2O4/c1-13-11-16(14(2)24(13)17-7-9-18(27-5)10-8-17)12-19-20(22(26)28-6)15(3)23(4)21(19)25/h7-12H,1-6H3. The molecular formula is C22H24N2O4. The summed E-state index contributed by atoms with van der Waals surface area (Å²) < 4.78 is 12.2. The van der Waals surface area contributed by atoms with E-state index < -0.39 is 5.97 Å². The first kappa shape index (κ1) is 19.5. The zero-order valence-electron chi connectivity index (χ0n) is 17.0. The van der Waals surface area contributed by atoms with Crippen LogP contribution in [0.5, 0.6) is 5.75 Å². The van der Waals surface area contributed by atoms with Crippen molar-refractivity contribution >= 4 is 18.0 Å². The van der Waals surface area contributed by atoms with Crippen LogP contribution in [0.4, 0.5) is 0 Å². The number of nitrogens with zero attached hydrogens (tertiary/aromatic N) is 2. The maximum atomic E-state index is 12.7. The average molecular weight is 380 g/mol. The number of aromatic nitrogens is 1. The van der Waals surface area contributed by atoms with Gasteiger partial charge >= 0.3 is 5.97 Å². The van der Waals surface area contributed by atoms with Gasteiger partial charge in [-0.05, 0) is 62.7 Å². The third kappa shape index (κ3) is 3.11. The fourth-order valence-corrected chi connectivity index (χ4v) is 3.51. The molecule has 1 aliphatic rings. The minimum Gasteiger partial charge on any atom is -0.497 e. The van der Waals surface area contributed by atoms with Gasteiger partial charge in [0, 0.05) is 29.8 Å². The van der Waals surface area contributed by atoms with Crippen LogP contribution in [0.2, 0.25) is 0 Å². The number of likely N-dealkylation sites (N-methyl/N-ethyl adjacent to an activating group) is 1. The van der Waals surface area contributed by atoms with Crippen molar-refractivity contribution < 1.29 is 19.1 Å². The molecule has 0 fully saturated rings. The first-order valence-corrected chi connectivity index (χ1v) is 8.92. The Bertz CT molecular complexity index is 1010. The number of carbonyl (C=O) groups is 2. The Morgan fingerprint density at radius 3 is 2.29 bits per heavy atom. The number of aryl methyl sites for hydroxylation is 1. The van der Waals surface area contributed by atoms with Crippen LogP contribution >= 0.6 is 0 Å². The van der Waals surface area contributed by atoms with E-state index in [1.807, 2.05) is 44.2 Å². The van der Waals surface area contributed by atoms with Crippen LogP contribution in [0.25, 0.3) is 11.8 Å². The molecule has 1 aliphatic heterocycles. The predicted octanol–water partition coefficient (Wildman–Crippen LogP) is 3.41. The smallest absolute Gasteiger partial charge is 0.340 e. The normalized spacial score (nSPS) is 15.6. The molecule has 146 valence electrons. The van der Waals surface area contributed by atoms with Crippen molar-refractivity contribution in [1.29, 1.82) is 0 Å². The van der Waals surface area contributed by atoms with Gasteiger partial charge in [-0.3, -0.25) is 4.79 Å². The second-order valence-electron chi connectivity index (χ2n) is 6.73. The summed E-state index contributed by atoms with van der Waals surface area (Å²) in [6.07, 6.45) is 1.77. The van der Waals surface area contributed by atoms with Gasteiger partial charge in [0.25, 0.3) is 5.91 Å². The molecule has 6 nitrogen and oxygen atoms in total. The van der Waals surface area contributed by atoms with Crippen molar-refractivity contribution in [3.63, 3.8) is 0 Å². The number of benzene rings is 1. The Kier molecular flexibility index (Phi) is 5.14. The number of carbonyl (C=O) groups excluding carboxylic acids is 2. The minimum atomic E-state index is -0.509. The highest BCUT2D eigenvalue weighted by Crippen LogP contribution is 2.32. The maximum absolute atomic E-state index is 12.7. The second-order valence-corrected chi connectivity index (χ2v) is 6.73. The highest BCUT2D eigenvalue weighted by atomic mass is 16.5. The van der Waals surface area contributed by atoms with Gasteiger partial charge in [0.05, 0.1) is 25.4 Å². The van der Waals surface area contributed by atoms with E-state index in [4.69, 9.17) is 9.47 Å². The molecule has 0 radical (unpaired) electrons.